The second-order valence-electron chi connectivity index (χ2n) is 3.64. The molecule has 1 fully saturated rings. The smallest absolute Gasteiger partial charge is 0.307 e. The highest BCUT2D eigenvalue weighted by atomic mass is 16.5. The van der Waals surface area contributed by atoms with Crippen molar-refractivity contribution in [1.29, 1.82) is 0 Å². The van der Waals surface area contributed by atoms with Crippen molar-refractivity contribution in [2.45, 2.75) is 20.3 Å². The molecule has 2 N–H and O–H groups in total. The first kappa shape index (κ1) is 12.7. The molecule has 16 heavy (non-hydrogen) atoms. The van der Waals surface area contributed by atoms with Gasteiger partial charge in [-0.3, -0.25) is 9.59 Å². The van der Waals surface area contributed by atoms with Crippen molar-refractivity contribution in [3.8, 4) is 0 Å². The molecule has 0 unspecified atom stereocenters. The number of ether oxygens (including phenoxy) is 1. The molecular weight excluding hydrogens is 208 g/mol. The number of nitrogens with one attached hydrogen (secondary N) is 2. The quantitative estimate of drug-likeness (QED) is 0.510. The fraction of sp³-hybridized carbons (Fsp3) is 0.636. The van der Waals surface area contributed by atoms with Gasteiger partial charge in [0.25, 0.3) is 0 Å². The minimum atomic E-state index is -0.279. The van der Waals surface area contributed by atoms with E-state index in [0.717, 1.165) is 24.2 Å². The fourth-order valence-electron chi connectivity index (χ4n) is 1.32. The van der Waals surface area contributed by atoms with Gasteiger partial charge in [0.15, 0.2) is 0 Å². The van der Waals surface area contributed by atoms with Crippen LogP contribution in [0.25, 0.3) is 0 Å². The molecule has 0 atom stereocenters. The normalized spacial score (nSPS) is 14.0. The van der Waals surface area contributed by atoms with Crippen LogP contribution < -0.4 is 10.6 Å². The van der Waals surface area contributed by atoms with E-state index in [4.69, 9.17) is 4.74 Å². The third-order valence-corrected chi connectivity index (χ3v) is 2.47. The Morgan fingerprint density at radius 1 is 1.44 bits per heavy atom. The largest absolute Gasteiger partial charge is 0.466 e. The molecule has 0 aromatic heterocycles. The maximum absolute atomic E-state index is 11.6. The van der Waals surface area contributed by atoms with Crippen LogP contribution in [-0.4, -0.2) is 38.1 Å². The van der Waals surface area contributed by atoms with E-state index in [1.165, 1.54) is 0 Å². The van der Waals surface area contributed by atoms with Gasteiger partial charge in [0.05, 0.1) is 13.0 Å². The molecule has 0 aromatic rings. The first-order valence-corrected chi connectivity index (χ1v) is 5.48. The highest BCUT2D eigenvalue weighted by Crippen LogP contribution is 2.08. The summed E-state index contributed by atoms with van der Waals surface area (Å²) in [5.74, 6) is -0.376. The Bertz CT molecular complexity index is 304. The molecule has 5 heteroatoms. The van der Waals surface area contributed by atoms with Crippen LogP contribution in [0, 0.1) is 0 Å². The summed E-state index contributed by atoms with van der Waals surface area (Å²) in [6.07, 6.45) is 0.223. The summed E-state index contributed by atoms with van der Waals surface area (Å²) in [6.45, 7) is 5.84. The predicted octanol–water partition coefficient (Wildman–Crippen LogP) is -0.0245. The zero-order valence-corrected chi connectivity index (χ0v) is 9.76. The summed E-state index contributed by atoms with van der Waals surface area (Å²) in [4.78, 5) is 22.6. The van der Waals surface area contributed by atoms with Crippen molar-refractivity contribution < 1.29 is 14.3 Å². The average Bonchev–Trinajstić information content (AvgIpc) is 2.15. The van der Waals surface area contributed by atoms with Gasteiger partial charge in [-0.25, -0.2) is 0 Å². The first-order chi connectivity index (χ1) is 7.65. The predicted molar refractivity (Wildman–Crippen MR) is 59.8 cm³/mol. The summed E-state index contributed by atoms with van der Waals surface area (Å²) in [7, 11) is 0. The third-order valence-electron chi connectivity index (χ3n) is 2.47. The van der Waals surface area contributed by atoms with E-state index in [1.807, 2.05) is 0 Å². The summed E-state index contributed by atoms with van der Waals surface area (Å²) < 4.78 is 4.75. The Hall–Kier alpha value is -1.36. The van der Waals surface area contributed by atoms with Crippen LogP contribution in [0.2, 0.25) is 0 Å². The number of esters is 1. The van der Waals surface area contributed by atoms with Gasteiger partial charge >= 0.3 is 5.97 Å². The molecular formula is C11H18N2O3. The SMILES string of the molecule is CCOC(=O)CCNC(=O)C(C)=C1CNC1. The maximum atomic E-state index is 11.6. The molecule has 1 aliphatic rings. The van der Waals surface area contributed by atoms with Gasteiger partial charge in [-0.15, -0.1) is 0 Å². The maximum Gasteiger partial charge on any atom is 0.307 e. The molecule has 0 radical (unpaired) electrons. The molecule has 0 spiro atoms. The van der Waals surface area contributed by atoms with Crippen molar-refractivity contribution in [2.24, 2.45) is 0 Å². The van der Waals surface area contributed by atoms with Crippen LogP contribution in [0.4, 0.5) is 0 Å². The zero-order valence-electron chi connectivity index (χ0n) is 9.76. The summed E-state index contributed by atoms with van der Waals surface area (Å²) in [5, 5.41) is 5.77. The number of carbonyl (C=O) groups excluding carboxylic acids is 2. The first-order valence-electron chi connectivity index (χ1n) is 5.48. The highest BCUT2D eigenvalue weighted by Gasteiger charge is 2.15. The molecule has 1 heterocycles. The fourth-order valence-corrected chi connectivity index (χ4v) is 1.32. The summed E-state index contributed by atoms with van der Waals surface area (Å²) in [5.41, 5.74) is 1.89. The third kappa shape index (κ3) is 3.66. The molecule has 1 saturated heterocycles. The molecule has 5 nitrogen and oxygen atoms in total. The van der Waals surface area contributed by atoms with Gasteiger partial charge < -0.3 is 15.4 Å². The standard InChI is InChI=1S/C11H18N2O3/c1-3-16-10(14)4-5-13-11(15)8(2)9-6-12-7-9/h12H,3-7H2,1-2H3,(H,13,15). The van der Waals surface area contributed by atoms with Gasteiger partial charge in [0, 0.05) is 25.2 Å². The molecule has 1 rings (SSSR count). The monoisotopic (exact) mass is 226 g/mol. The van der Waals surface area contributed by atoms with E-state index < -0.39 is 0 Å². The number of amides is 1. The second-order valence-corrected chi connectivity index (χ2v) is 3.64. The van der Waals surface area contributed by atoms with Gasteiger partial charge in [-0.1, -0.05) is 0 Å². The second kappa shape index (κ2) is 6.27. The van der Waals surface area contributed by atoms with Crippen LogP contribution in [0.3, 0.4) is 0 Å². The Kier molecular flexibility index (Phi) is 4.98. The minimum absolute atomic E-state index is 0.0965. The molecule has 0 saturated carbocycles. The van der Waals surface area contributed by atoms with Gasteiger partial charge in [-0.05, 0) is 19.4 Å². The lowest BCUT2D eigenvalue weighted by atomic mass is 10.0. The number of hydrogen-bond acceptors (Lipinski definition) is 4. The van der Waals surface area contributed by atoms with Crippen LogP contribution >= 0.6 is 0 Å². The number of carbonyl (C=O) groups is 2. The summed E-state index contributed by atoms with van der Waals surface area (Å²) in [6, 6.07) is 0. The van der Waals surface area contributed by atoms with Crippen molar-refractivity contribution in [3.05, 3.63) is 11.1 Å². The van der Waals surface area contributed by atoms with E-state index in [-0.39, 0.29) is 18.3 Å². The molecule has 1 aliphatic heterocycles. The number of rotatable bonds is 5. The lowest BCUT2D eigenvalue weighted by molar-refractivity contribution is -0.142. The van der Waals surface area contributed by atoms with E-state index in [0.29, 0.717) is 13.2 Å². The Labute approximate surface area is 95.2 Å². The Morgan fingerprint density at radius 3 is 2.62 bits per heavy atom. The number of hydrogen-bond donors (Lipinski definition) is 2. The van der Waals surface area contributed by atoms with E-state index in [9.17, 15) is 9.59 Å². The van der Waals surface area contributed by atoms with Crippen LogP contribution in [0.15, 0.2) is 11.1 Å². The topological polar surface area (TPSA) is 67.4 Å². The van der Waals surface area contributed by atoms with Crippen molar-refractivity contribution >= 4 is 11.9 Å². The van der Waals surface area contributed by atoms with Gasteiger partial charge in [0.2, 0.25) is 5.91 Å². The lowest BCUT2D eigenvalue weighted by Crippen LogP contribution is -2.38. The Balaban J connectivity index is 2.22. The highest BCUT2D eigenvalue weighted by molar-refractivity contribution is 5.94. The molecule has 1 amide bonds. The lowest BCUT2D eigenvalue weighted by Gasteiger charge is -2.21. The van der Waals surface area contributed by atoms with Gasteiger partial charge in [0.1, 0.15) is 0 Å². The molecule has 0 aliphatic carbocycles. The van der Waals surface area contributed by atoms with E-state index in [1.54, 1.807) is 13.8 Å². The summed E-state index contributed by atoms with van der Waals surface area (Å²) >= 11 is 0. The van der Waals surface area contributed by atoms with Crippen LogP contribution in [0.5, 0.6) is 0 Å². The molecule has 0 aromatic carbocycles. The zero-order chi connectivity index (χ0) is 12.0. The average molecular weight is 226 g/mol. The van der Waals surface area contributed by atoms with Crippen LogP contribution in [-0.2, 0) is 14.3 Å². The molecule has 90 valence electrons. The van der Waals surface area contributed by atoms with Crippen LogP contribution in [0.1, 0.15) is 20.3 Å². The van der Waals surface area contributed by atoms with Crippen molar-refractivity contribution in [2.75, 3.05) is 26.2 Å². The minimum Gasteiger partial charge on any atom is -0.466 e. The van der Waals surface area contributed by atoms with E-state index in [2.05, 4.69) is 10.6 Å². The molecule has 0 bridgehead atoms. The van der Waals surface area contributed by atoms with Gasteiger partial charge in [-0.2, -0.15) is 0 Å². The van der Waals surface area contributed by atoms with Crippen molar-refractivity contribution in [1.82, 2.24) is 10.6 Å². The van der Waals surface area contributed by atoms with Crippen molar-refractivity contribution in [3.63, 3.8) is 0 Å². The van der Waals surface area contributed by atoms with E-state index >= 15 is 0 Å². The Morgan fingerprint density at radius 2 is 2.12 bits per heavy atom.